The largest absolute Gasteiger partial charge is 2.00 e. The maximum absolute atomic E-state index is 3.00. The topological polar surface area (TPSA) is 35.0 Å². The van der Waals surface area contributed by atoms with Crippen molar-refractivity contribution in [3.63, 3.8) is 0 Å². The number of hydrogen-bond acceptors (Lipinski definition) is 1. The Morgan fingerprint density at radius 1 is 0.833 bits per heavy atom. The Bertz CT molecular complexity index is 11.5. The van der Waals surface area contributed by atoms with Gasteiger partial charge in [-0.25, -0.2) is 0 Å². The first-order valence-corrected chi connectivity index (χ1v) is 0.500. The van der Waals surface area contributed by atoms with E-state index in [1.54, 1.807) is 0 Å². The molecule has 0 spiro atoms. The molecule has 6 heavy (non-hydrogen) atoms. The van der Waals surface area contributed by atoms with Gasteiger partial charge in [0, 0.05) is 0 Å². The Morgan fingerprint density at radius 2 is 0.833 bits per heavy atom. The van der Waals surface area contributed by atoms with Crippen LogP contribution in [0.4, 0.5) is 0 Å². The number of rotatable bonds is 0. The van der Waals surface area contributed by atoms with Gasteiger partial charge in [0.25, 0.3) is 0 Å². The van der Waals surface area contributed by atoms with Crippen molar-refractivity contribution in [2.45, 2.75) is 0 Å². The quantitative estimate of drug-likeness (QED) is 0.447. The molecule has 0 saturated carbocycles. The van der Waals surface area contributed by atoms with Gasteiger partial charge in [-0.15, -0.1) is 13.2 Å². The molecule has 0 aromatic rings. The molecule has 0 amide bonds. The Kier molecular flexibility index (Phi) is 1680. The van der Waals surface area contributed by atoms with Crippen LogP contribution in [-0.2, 0) is 21.1 Å². The van der Waals surface area contributed by atoms with E-state index in [1.165, 1.54) is 0 Å². The summed E-state index contributed by atoms with van der Waals surface area (Å²) in [4.78, 5) is 0. The third kappa shape index (κ3) is 83.4. The molecule has 3 N–H and O–H groups in total. The van der Waals surface area contributed by atoms with Crippen molar-refractivity contribution in [2.75, 3.05) is 0 Å². The van der Waals surface area contributed by atoms with Crippen molar-refractivity contribution in [3.8, 4) is 0 Å². The first kappa shape index (κ1) is 64.1. The van der Waals surface area contributed by atoms with Crippen molar-refractivity contribution in [2.24, 2.45) is 0 Å². The summed E-state index contributed by atoms with van der Waals surface area (Å²) in [6, 6.07) is 0. The second kappa shape index (κ2) is 157. The minimum atomic E-state index is 0. The molecule has 0 rings (SSSR count). The predicted molar refractivity (Wildman–Crippen MR) is 16.3 cm³/mol. The summed E-state index contributed by atoms with van der Waals surface area (Å²) in [5.41, 5.74) is 0. The molecular weight excluding hydrogens is 304 g/mol. The zero-order valence-corrected chi connectivity index (χ0v) is 6.98. The zero-order chi connectivity index (χ0) is 2.00. The van der Waals surface area contributed by atoms with Crippen LogP contribution in [0.5, 0.6) is 0 Å². The van der Waals surface area contributed by atoms with Gasteiger partial charge in [0.15, 0.2) is 0 Å². The van der Waals surface area contributed by atoms with Crippen molar-refractivity contribution in [1.29, 1.82) is 0 Å². The maximum Gasteiger partial charge on any atom is 2.00 e. The van der Waals surface area contributed by atoms with Crippen LogP contribution in [-0.4, -0.2) is 0 Å². The molecule has 0 bridgehead atoms. The standard InChI is InChI=1S/C2H4.2ClH.H3N.Pt/c1-2;;;;/h1-2H2;2*1H;1H3;/q;;;;+2/p-2. The molecule has 1 nitrogen and oxygen atoms in total. The van der Waals surface area contributed by atoms with Crippen molar-refractivity contribution in [3.05, 3.63) is 13.2 Å². The molecule has 0 aliphatic rings. The van der Waals surface area contributed by atoms with Gasteiger partial charge in [-0.3, -0.25) is 0 Å². The minimum Gasteiger partial charge on any atom is -1.00 e. The van der Waals surface area contributed by atoms with E-state index in [9.17, 15) is 0 Å². The van der Waals surface area contributed by atoms with Crippen LogP contribution in [0.2, 0.25) is 0 Å². The molecule has 44 valence electrons. The molecule has 0 unspecified atom stereocenters. The molecule has 0 aliphatic carbocycles. The van der Waals surface area contributed by atoms with E-state index in [-0.39, 0.29) is 52.0 Å². The normalized spacial score (nSPS) is 0.667. The number of halogens is 2. The second-order valence-corrected chi connectivity index (χ2v) is 0. The Hall–Kier alpha value is 0.968. The van der Waals surface area contributed by atoms with Crippen LogP contribution in [0, 0.1) is 0 Å². The van der Waals surface area contributed by atoms with Gasteiger partial charge in [0.05, 0.1) is 0 Å². The Balaban J connectivity index is -0.000000000833. The third-order valence-electron chi connectivity index (χ3n) is 0. The Morgan fingerprint density at radius 3 is 0.833 bits per heavy atom. The fraction of sp³-hybridized carbons (Fsp3) is 0. The van der Waals surface area contributed by atoms with Crippen LogP contribution in [0.15, 0.2) is 13.2 Å². The van der Waals surface area contributed by atoms with Crippen molar-refractivity contribution < 1.29 is 45.9 Å². The van der Waals surface area contributed by atoms with Gasteiger partial charge in [-0.2, -0.15) is 0 Å². The maximum atomic E-state index is 3.00. The van der Waals surface area contributed by atoms with E-state index in [4.69, 9.17) is 0 Å². The van der Waals surface area contributed by atoms with Gasteiger partial charge in [0.2, 0.25) is 0 Å². The van der Waals surface area contributed by atoms with Crippen molar-refractivity contribution >= 4 is 0 Å². The van der Waals surface area contributed by atoms with Gasteiger partial charge in [0.1, 0.15) is 0 Å². The van der Waals surface area contributed by atoms with Crippen LogP contribution >= 0.6 is 0 Å². The monoisotopic (exact) mass is 310 g/mol. The molecule has 0 aromatic carbocycles. The summed E-state index contributed by atoms with van der Waals surface area (Å²) in [6.45, 7) is 6.00. The smallest absolute Gasteiger partial charge is 1.00 e. The predicted octanol–water partition coefficient (Wildman–Crippen LogP) is -5.03. The molecule has 0 fully saturated rings. The summed E-state index contributed by atoms with van der Waals surface area (Å²) in [7, 11) is 0. The summed E-state index contributed by atoms with van der Waals surface area (Å²) in [5.74, 6) is 0. The first-order chi connectivity index (χ1) is 1.00. The van der Waals surface area contributed by atoms with Crippen LogP contribution in [0.25, 0.3) is 0 Å². The van der Waals surface area contributed by atoms with E-state index in [2.05, 4.69) is 13.2 Å². The zero-order valence-electron chi connectivity index (χ0n) is 3.19. The van der Waals surface area contributed by atoms with Crippen LogP contribution in [0.3, 0.4) is 0 Å². The summed E-state index contributed by atoms with van der Waals surface area (Å²) >= 11 is 0. The fourth-order valence-electron chi connectivity index (χ4n) is 0. The van der Waals surface area contributed by atoms with Gasteiger partial charge >= 0.3 is 21.1 Å². The van der Waals surface area contributed by atoms with E-state index in [1.807, 2.05) is 0 Å². The third-order valence-corrected chi connectivity index (χ3v) is 0. The van der Waals surface area contributed by atoms with E-state index in [0.717, 1.165) is 0 Å². The molecule has 0 saturated heterocycles. The van der Waals surface area contributed by atoms with Crippen molar-refractivity contribution in [1.82, 2.24) is 6.15 Å². The Labute approximate surface area is 65.2 Å². The summed E-state index contributed by atoms with van der Waals surface area (Å²) < 4.78 is 0. The molecule has 0 aliphatic heterocycles. The van der Waals surface area contributed by atoms with Crippen LogP contribution < -0.4 is 31.0 Å². The molecular formula is C2H7Cl2NPt. The van der Waals surface area contributed by atoms with Gasteiger partial charge < -0.3 is 31.0 Å². The summed E-state index contributed by atoms with van der Waals surface area (Å²) in [6.07, 6.45) is 0. The minimum absolute atomic E-state index is 0. The molecule has 0 heterocycles. The molecule has 0 aromatic heterocycles. The molecule has 4 heteroatoms. The fourth-order valence-corrected chi connectivity index (χ4v) is 0. The molecule has 0 radical (unpaired) electrons. The summed E-state index contributed by atoms with van der Waals surface area (Å²) in [5, 5.41) is 0. The van der Waals surface area contributed by atoms with E-state index >= 15 is 0 Å². The van der Waals surface area contributed by atoms with Gasteiger partial charge in [-0.05, 0) is 0 Å². The van der Waals surface area contributed by atoms with Crippen LogP contribution in [0.1, 0.15) is 0 Å². The first-order valence-electron chi connectivity index (χ1n) is 0.500. The second-order valence-electron chi connectivity index (χ2n) is 0. The average molecular weight is 311 g/mol. The molecule has 0 atom stereocenters. The number of hydrogen-bond donors (Lipinski definition) is 1. The van der Waals surface area contributed by atoms with E-state index in [0.29, 0.717) is 0 Å². The van der Waals surface area contributed by atoms with E-state index < -0.39 is 0 Å². The average Bonchev–Trinajstić information content (AvgIpc) is 1.00. The SMILES string of the molecule is C=C.N.[Cl-].[Cl-].[Pt+2]. The van der Waals surface area contributed by atoms with Gasteiger partial charge in [-0.1, -0.05) is 0 Å².